The Morgan fingerprint density at radius 2 is 1.67 bits per heavy atom. The molecule has 7 heteroatoms. The van der Waals surface area contributed by atoms with Crippen molar-refractivity contribution in [1.29, 1.82) is 0 Å². The van der Waals surface area contributed by atoms with Crippen LogP contribution in [0.2, 0.25) is 5.02 Å². The van der Waals surface area contributed by atoms with E-state index in [9.17, 15) is 18.0 Å². The molecule has 0 saturated heterocycles. The number of hydrogen-bond acceptors (Lipinski definition) is 2. The molecule has 0 unspecified atom stereocenters. The molecule has 0 fully saturated rings. The standard InChI is InChI=1S/C14H7BrClF3O2/c15-10-6-3-5-9(12(10)16)13(20)8-4-1-2-7-11(8)21-14(17,18)19/h1-7H. The molecule has 0 spiro atoms. The van der Waals surface area contributed by atoms with Crippen LogP contribution in [0.1, 0.15) is 15.9 Å². The highest BCUT2D eigenvalue weighted by Crippen LogP contribution is 2.32. The van der Waals surface area contributed by atoms with Gasteiger partial charge in [-0.25, -0.2) is 0 Å². The Kier molecular flexibility index (Phi) is 4.58. The lowest BCUT2D eigenvalue weighted by molar-refractivity contribution is -0.274. The van der Waals surface area contributed by atoms with Crippen molar-refractivity contribution in [3.05, 3.63) is 63.1 Å². The highest BCUT2D eigenvalue weighted by Gasteiger charge is 2.33. The van der Waals surface area contributed by atoms with Gasteiger partial charge in [0.15, 0.2) is 5.78 Å². The zero-order valence-corrected chi connectivity index (χ0v) is 12.6. The predicted octanol–water partition coefficient (Wildman–Crippen LogP) is 5.23. The van der Waals surface area contributed by atoms with E-state index in [-0.39, 0.29) is 16.1 Å². The summed E-state index contributed by atoms with van der Waals surface area (Å²) in [5, 5.41) is 0.129. The second-order valence-electron chi connectivity index (χ2n) is 3.97. The summed E-state index contributed by atoms with van der Waals surface area (Å²) in [5.74, 6) is -1.22. The molecule has 0 aliphatic rings. The maximum absolute atomic E-state index is 12.4. The van der Waals surface area contributed by atoms with Crippen molar-refractivity contribution in [3.8, 4) is 5.75 Å². The van der Waals surface area contributed by atoms with Crippen LogP contribution in [0.15, 0.2) is 46.9 Å². The molecule has 0 bridgehead atoms. The number of halogens is 5. The average molecular weight is 380 g/mol. The zero-order valence-electron chi connectivity index (χ0n) is 10.2. The molecule has 0 aliphatic heterocycles. The fraction of sp³-hybridized carbons (Fsp3) is 0.0714. The largest absolute Gasteiger partial charge is 0.573 e. The van der Waals surface area contributed by atoms with Crippen molar-refractivity contribution in [2.24, 2.45) is 0 Å². The van der Waals surface area contributed by atoms with Crippen LogP contribution in [0, 0.1) is 0 Å². The van der Waals surface area contributed by atoms with Gasteiger partial charge >= 0.3 is 6.36 Å². The minimum atomic E-state index is -4.88. The Morgan fingerprint density at radius 3 is 2.33 bits per heavy atom. The molecule has 110 valence electrons. The SMILES string of the molecule is O=C(c1ccccc1OC(F)(F)F)c1cccc(Br)c1Cl. The monoisotopic (exact) mass is 378 g/mol. The Hall–Kier alpha value is -1.53. The third kappa shape index (κ3) is 3.77. The van der Waals surface area contributed by atoms with Crippen LogP contribution in [-0.2, 0) is 0 Å². The minimum Gasteiger partial charge on any atom is -0.405 e. The molecule has 0 atom stereocenters. The molecule has 21 heavy (non-hydrogen) atoms. The van der Waals surface area contributed by atoms with Crippen LogP contribution >= 0.6 is 27.5 Å². The second-order valence-corrected chi connectivity index (χ2v) is 5.21. The Balaban J connectivity index is 2.47. The third-order valence-electron chi connectivity index (χ3n) is 2.55. The molecule has 0 N–H and O–H groups in total. The fourth-order valence-electron chi connectivity index (χ4n) is 1.69. The van der Waals surface area contributed by atoms with E-state index < -0.39 is 17.9 Å². The maximum Gasteiger partial charge on any atom is 0.573 e. The summed E-state index contributed by atoms with van der Waals surface area (Å²) in [5.41, 5.74) is -0.126. The first-order chi connectivity index (χ1) is 9.79. The van der Waals surface area contributed by atoms with Gasteiger partial charge in [-0.15, -0.1) is 13.2 Å². The first-order valence-corrected chi connectivity index (χ1v) is 6.80. The van der Waals surface area contributed by atoms with Gasteiger partial charge in [0.1, 0.15) is 5.75 Å². The number of carbonyl (C=O) groups is 1. The van der Waals surface area contributed by atoms with Crippen LogP contribution in [0.25, 0.3) is 0 Å². The normalized spacial score (nSPS) is 11.3. The summed E-state index contributed by atoms with van der Waals surface area (Å²) in [7, 11) is 0. The summed E-state index contributed by atoms with van der Waals surface area (Å²) in [6.45, 7) is 0. The summed E-state index contributed by atoms with van der Waals surface area (Å²) in [4.78, 5) is 12.4. The summed E-state index contributed by atoms with van der Waals surface area (Å²) < 4.78 is 41.4. The first-order valence-electron chi connectivity index (χ1n) is 5.63. The van der Waals surface area contributed by atoms with Crippen molar-refractivity contribution < 1.29 is 22.7 Å². The van der Waals surface area contributed by atoms with Crippen molar-refractivity contribution in [2.45, 2.75) is 6.36 Å². The lowest BCUT2D eigenvalue weighted by Gasteiger charge is -2.13. The van der Waals surface area contributed by atoms with Crippen LogP contribution in [0.3, 0.4) is 0 Å². The number of benzene rings is 2. The molecule has 2 aromatic rings. The number of alkyl halides is 3. The molecular formula is C14H7BrClF3O2. The molecule has 0 aliphatic carbocycles. The first kappa shape index (κ1) is 15.9. The van der Waals surface area contributed by atoms with Gasteiger partial charge in [0.25, 0.3) is 0 Å². The van der Waals surface area contributed by atoms with Gasteiger partial charge in [0.05, 0.1) is 10.6 Å². The number of rotatable bonds is 3. The van der Waals surface area contributed by atoms with Gasteiger partial charge < -0.3 is 4.74 Å². The van der Waals surface area contributed by atoms with Crippen molar-refractivity contribution in [2.75, 3.05) is 0 Å². The maximum atomic E-state index is 12.4. The molecule has 2 rings (SSSR count). The van der Waals surface area contributed by atoms with E-state index >= 15 is 0 Å². The Bertz CT molecular complexity index is 686. The van der Waals surface area contributed by atoms with Gasteiger partial charge in [0, 0.05) is 10.0 Å². The summed E-state index contributed by atoms with van der Waals surface area (Å²) >= 11 is 9.15. The molecule has 0 aromatic heterocycles. The highest BCUT2D eigenvalue weighted by molar-refractivity contribution is 9.10. The van der Waals surface area contributed by atoms with Crippen LogP contribution in [0.4, 0.5) is 13.2 Å². The third-order valence-corrected chi connectivity index (χ3v) is 3.85. The highest BCUT2D eigenvalue weighted by atomic mass is 79.9. The lowest BCUT2D eigenvalue weighted by atomic mass is 10.0. The van der Waals surface area contributed by atoms with Gasteiger partial charge in [0.2, 0.25) is 0 Å². The second kappa shape index (κ2) is 6.07. The van der Waals surface area contributed by atoms with Gasteiger partial charge in [-0.3, -0.25) is 4.79 Å². The molecule has 0 saturated carbocycles. The van der Waals surface area contributed by atoms with Crippen LogP contribution < -0.4 is 4.74 Å². The number of ketones is 1. The van der Waals surface area contributed by atoms with Gasteiger partial charge in [-0.1, -0.05) is 29.8 Å². The van der Waals surface area contributed by atoms with Crippen LogP contribution in [-0.4, -0.2) is 12.1 Å². The van der Waals surface area contributed by atoms with Crippen molar-refractivity contribution in [1.82, 2.24) is 0 Å². The van der Waals surface area contributed by atoms with E-state index in [1.54, 1.807) is 12.1 Å². The zero-order chi connectivity index (χ0) is 15.6. The van der Waals surface area contributed by atoms with Gasteiger partial charge in [-0.05, 0) is 40.2 Å². The summed E-state index contributed by atoms with van der Waals surface area (Å²) in [6, 6.07) is 9.74. The van der Waals surface area contributed by atoms with E-state index in [1.165, 1.54) is 24.3 Å². The molecular weight excluding hydrogens is 373 g/mol. The molecule has 2 aromatic carbocycles. The number of para-hydroxylation sites is 1. The van der Waals surface area contributed by atoms with E-state index in [0.29, 0.717) is 4.47 Å². The van der Waals surface area contributed by atoms with E-state index in [4.69, 9.17) is 11.6 Å². The fourth-order valence-corrected chi connectivity index (χ4v) is 2.27. The van der Waals surface area contributed by atoms with Crippen molar-refractivity contribution >= 4 is 33.3 Å². The quantitative estimate of drug-likeness (QED) is 0.683. The Labute approximate surface area is 131 Å². The molecule has 0 radical (unpaired) electrons. The topological polar surface area (TPSA) is 26.3 Å². The summed E-state index contributed by atoms with van der Waals surface area (Å²) in [6.07, 6.45) is -4.88. The lowest BCUT2D eigenvalue weighted by Crippen LogP contribution is -2.19. The van der Waals surface area contributed by atoms with Gasteiger partial charge in [-0.2, -0.15) is 0 Å². The number of carbonyl (C=O) groups excluding carboxylic acids is 1. The average Bonchev–Trinajstić information content (AvgIpc) is 2.40. The molecule has 0 heterocycles. The van der Waals surface area contributed by atoms with Crippen molar-refractivity contribution in [3.63, 3.8) is 0 Å². The predicted molar refractivity (Wildman–Crippen MR) is 75.7 cm³/mol. The smallest absolute Gasteiger partial charge is 0.405 e. The Morgan fingerprint density at radius 1 is 1.05 bits per heavy atom. The van der Waals surface area contributed by atoms with Crippen LogP contribution in [0.5, 0.6) is 5.75 Å². The van der Waals surface area contributed by atoms with E-state index in [1.807, 2.05) is 0 Å². The minimum absolute atomic E-state index is 0.0873. The number of hydrogen-bond donors (Lipinski definition) is 0. The molecule has 2 nitrogen and oxygen atoms in total. The van der Waals surface area contributed by atoms with E-state index in [2.05, 4.69) is 20.7 Å². The van der Waals surface area contributed by atoms with E-state index in [0.717, 1.165) is 6.07 Å². The number of ether oxygens (including phenoxy) is 1. The molecule has 0 amide bonds.